The minimum atomic E-state index is -1.48. The normalized spacial score (nSPS) is 13.3. The van der Waals surface area contributed by atoms with Crippen molar-refractivity contribution >= 4 is 5.97 Å². The lowest BCUT2D eigenvalue weighted by atomic mass is 10.0. The van der Waals surface area contributed by atoms with Crippen LogP contribution in [0.5, 0.6) is 0 Å². The molecular formula is C11H12FN3O4. The fourth-order valence-corrected chi connectivity index (χ4v) is 1.46. The molecule has 1 aromatic carbocycles. The second-order valence-electron chi connectivity index (χ2n) is 3.69. The first kappa shape index (κ1) is 14.9. The van der Waals surface area contributed by atoms with Crippen LogP contribution in [-0.4, -0.2) is 35.9 Å². The van der Waals surface area contributed by atoms with Gasteiger partial charge in [0.25, 0.3) is 0 Å². The minimum absolute atomic E-state index is 0.0129. The SMILES string of the molecule is COC(=O)c1cc(F)cc(C(O)C(O)CN=[N+]=[N-])c1. The molecule has 2 N–H and O–H groups in total. The molecule has 0 amide bonds. The average molecular weight is 269 g/mol. The van der Waals surface area contributed by atoms with E-state index in [0.717, 1.165) is 19.2 Å². The number of aliphatic hydroxyl groups excluding tert-OH is 2. The number of nitrogens with zero attached hydrogens (tertiary/aromatic N) is 3. The third-order valence-electron chi connectivity index (χ3n) is 2.38. The minimum Gasteiger partial charge on any atom is -0.465 e. The molecular weight excluding hydrogens is 257 g/mol. The summed E-state index contributed by atoms with van der Waals surface area (Å²) in [6.07, 6.45) is -2.88. The van der Waals surface area contributed by atoms with Gasteiger partial charge in [-0.25, -0.2) is 9.18 Å². The van der Waals surface area contributed by atoms with E-state index >= 15 is 0 Å². The molecule has 0 radical (unpaired) electrons. The standard InChI is InChI=1S/C11H12FN3O4/c1-19-11(18)7-2-6(3-8(12)4-7)10(17)9(16)5-14-15-13/h2-4,9-10,16-17H,5H2,1H3. The molecule has 2 atom stereocenters. The van der Waals surface area contributed by atoms with Gasteiger partial charge in [-0.05, 0) is 29.3 Å². The van der Waals surface area contributed by atoms with Crippen LogP contribution in [0.1, 0.15) is 22.0 Å². The monoisotopic (exact) mass is 269 g/mol. The van der Waals surface area contributed by atoms with E-state index in [-0.39, 0.29) is 17.7 Å². The van der Waals surface area contributed by atoms with Crippen molar-refractivity contribution in [3.8, 4) is 0 Å². The van der Waals surface area contributed by atoms with Gasteiger partial charge in [-0.15, -0.1) is 0 Å². The maximum atomic E-state index is 13.3. The van der Waals surface area contributed by atoms with Crippen LogP contribution in [0, 0.1) is 5.82 Å². The molecule has 102 valence electrons. The summed E-state index contributed by atoms with van der Waals surface area (Å²) < 4.78 is 17.8. The van der Waals surface area contributed by atoms with Gasteiger partial charge < -0.3 is 14.9 Å². The zero-order valence-electron chi connectivity index (χ0n) is 10.0. The number of carbonyl (C=O) groups is 1. The summed E-state index contributed by atoms with van der Waals surface area (Å²) in [7, 11) is 1.14. The highest BCUT2D eigenvalue weighted by Gasteiger charge is 2.20. The van der Waals surface area contributed by atoms with Crippen LogP contribution < -0.4 is 0 Å². The second kappa shape index (κ2) is 6.69. The largest absolute Gasteiger partial charge is 0.465 e. The molecule has 1 rings (SSSR count). The number of azide groups is 1. The highest BCUT2D eigenvalue weighted by Crippen LogP contribution is 2.20. The zero-order valence-corrected chi connectivity index (χ0v) is 10.0. The molecule has 0 aromatic heterocycles. The Bertz CT molecular complexity index is 517. The fraction of sp³-hybridized carbons (Fsp3) is 0.364. The van der Waals surface area contributed by atoms with Crippen LogP contribution in [0.2, 0.25) is 0 Å². The van der Waals surface area contributed by atoms with Crippen LogP contribution in [0.15, 0.2) is 23.3 Å². The fourth-order valence-electron chi connectivity index (χ4n) is 1.46. The van der Waals surface area contributed by atoms with E-state index in [4.69, 9.17) is 5.53 Å². The van der Waals surface area contributed by atoms with Crippen molar-refractivity contribution in [1.82, 2.24) is 0 Å². The molecule has 0 bridgehead atoms. The van der Waals surface area contributed by atoms with E-state index in [1.54, 1.807) is 0 Å². The van der Waals surface area contributed by atoms with E-state index in [1.807, 2.05) is 0 Å². The lowest BCUT2D eigenvalue weighted by molar-refractivity contribution is 0.0241. The maximum absolute atomic E-state index is 13.3. The molecule has 19 heavy (non-hydrogen) atoms. The van der Waals surface area contributed by atoms with Crippen LogP contribution in [0.4, 0.5) is 4.39 Å². The first-order chi connectivity index (χ1) is 8.99. The topological polar surface area (TPSA) is 116 Å². The summed E-state index contributed by atoms with van der Waals surface area (Å²) >= 11 is 0. The molecule has 0 saturated heterocycles. The molecule has 0 aliphatic heterocycles. The van der Waals surface area contributed by atoms with Gasteiger partial charge in [0.05, 0.1) is 25.3 Å². The van der Waals surface area contributed by atoms with Crippen molar-refractivity contribution in [1.29, 1.82) is 0 Å². The Kier molecular flexibility index (Phi) is 5.25. The van der Waals surface area contributed by atoms with E-state index in [2.05, 4.69) is 14.8 Å². The Morgan fingerprint density at radius 3 is 2.79 bits per heavy atom. The van der Waals surface area contributed by atoms with Gasteiger partial charge in [0, 0.05) is 4.91 Å². The summed E-state index contributed by atoms with van der Waals surface area (Å²) in [5.41, 5.74) is 8.00. The number of hydrogen-bond acceptors (Lipinski definition) is 5. The van der Waals surface area contributed by atoms with Gasteiger partial charge in [0.15, 0.2) is 0 Å². The summed E-state index contributed by atoms with van der Waals surface area (Å²) in [4.78, 5) is 13.7. The van der Waals surface area contributed by atoms with Crippen LogP contribution in [-0.2, 0) is 4.74 Å². The lowest BCUT2D eigenvalue weighted by Gasteiger charge is -2.16. The summed E-state index contributed by atoms with van der Waals surface area (Å²) in [6, 6.07) is 3.11. The third kappa shape index (κ3) is 3.92. The van der Waals surface area contributed by atoms with Crippen LogP contribution in [0.25, 0.3) is 10.4 Å². The molecule has 0 spiro atoms. The number of esters is 1. The van der Waals surface area contributed by atoms with E-state index in [0.29, 0.717) is 0 Å². The number of ether oxygens (including phenoxy) is 1. The second-order valence-corrected chi connectivity index (χ2v) is 3.69. The molecule has 7 nitrogen and oxygen atoms in total. The summed E-state index contributed by atoms with van der Waals surface area (Å²) in [5, 5.41) is 22.4. The molecule has 0 saturated carbocycles. The lowest BCUT2D eigenvalue weighted by Crippen LogP contribution is -2.21. The molecule has 0 heterocycles. The third-order valence-corrected chi connectivity index (χ3v) is 2.38. The molecule has 0 aliphatic carbocycles. The average Bonchev–Trinajstić information content (AvgIpc) is 2.42. The van der Waals surface area contributed by atoms with Crippen molar-refractivity contribution < 1.29 is 24.1 Å². The Labute approximate surface area is 107 Å². The zero-order chi connectivity index (χ0) is 14.4. The first-order valence-corrected chi connectivity index (χ1v) is 5.25. The molecule has 0 fully saturated rings. The highest BCUT2D eigenvalue weighted by atomic mass is 19.1. The van der Waals surface area contributed by atoms with E-state index < -0.39 is 24.0 Å². The van der Waals surface area contributed by atoms with Crippen molar-refractivity contribution in [2.24, 2.45) is 5.11 Å². The smallest absolute Gasteiger partial charge is 0.337 e. The molecule has 0 aliphatic rings. The Morgan fingerprint density at radius 2 is 2.21 bits per heavy atom. The Balaban J connectivity index is 3.02. The molecule has 1 aromatic rings. The van der Waals surface area contributed by atoms with Crippen molar-refractivity contribution in [3.63, 3.8) is 0 Å². The Hall–Kier alpha value is -2.15. The van der Waals surface area contributed by atoms with Gasteiger partial charge in [-0.3, -0.25) is 0 Å². The van der Waals surface area contributed by atoms with Crippen LogP contribution >= 0.6 is 0 Å². The highest BCUT2D eigenvalue weighted by molar-refractivity contribution is 5.89. The number of hydrogen-bond donors (Lipinski definition) is 2. The summed E-state index contributed by atoms with van der Waals surface area (Å²) in [6.45, 7) is -0.373. The number of aliphatic hydroxyl groups is 2. The van der Waals surface area contributed by atoms with Gasteiger partial charge >= 0.3 is 5.97 Å². The van der Waals surface area contributed by atoms with Gasteiger partial charge in [0.2, 0.25) is 0 Å². The van der Waals surface area contributed by atoms with Gasteiger partial charge in [-0.1, -0.05) is 5.11 Å². The number of methoxy groups -OCH3 is 1. The van der Waals surface area contributed by atoms with Gasteiger partial charge in [-0.2, -0.15) is 0 Å². The number of halogens is 1. The number of rotatable bonds is 5. The van der Waals surface area contributed by atoms with Crippen molar-refractivity contribution in [2.45, 2.75) is 12.2 Å². The maximum Gasteiger partial charge on any atom is 0.337 e. The number of carbonyl (C=O) groups excluding carboxylic acids is 1. The predicted octanol–water partition coefficient (Wildman–Crippen LogP) is 1.32. The number of benzene rings is 1. The Morgan fingerprint density at radius 1 is 1.53 bits per heavy atom. The van der Waals surface area contributed by atoms with E-state index in [1.165, 1.54) is 6.07 Å². The van der Waals surface area contributed by atoms with Crippen molar-refractivity contribution in [2.75, 3.05) is 13.7 Å². The molecule has 8 heteroatoms. The predicted molar refractivity (Wildman–Crippen MR) is 62.7 cm³/mol. The molecule has 2 unspecified atom stereocenters. The van der Waals surface area contributed by atoms with E-state index in [9.17, 15) is 19.4 Å². The summed E-state index contributed by atoms with van der Waals surface area (Å²) in [5.74, 6) is -1.52. The van der Waals surface area contributed by atoms with Gasteiger partial charge in [0.1, 0.15) is 11.9 Å². The van der Waals surface area contributed by atoms with Crippen LogP contribution in [0.3, 0.4) is 0 Å². The first-order valence-electron chi connectivity index (χ1n) is 5.25. The van der Waals surface area contributed by atoms with Crippen molar-refractivity contribution in [3.05, 3.63) is 45.6 Å². The quantitative estimate of drug-likeness (QED) is 0.363.